The Morgan fingerprint density at radius 3 is 2.56 bits per heavy atom. The average molecular weight is 223 g/mol. The van der Waals surface area contributed by atoms with Crippen molar-refractivity contribution >= 4 is 11.6 Å². The Bertz CT molecular complexity index is 322. The number of aliphatic hydroxyl groups excluding tert-OH is 1. The molecule has 0 bridgehead atoms. The number of carbonyl (C=O) groups excluding carboxylic acids is 1. The summed E-state index contributed by atoms with van der Waals surface area (Å²) in [6.45, 7) is 2.27. The quantitative estimate of drug-likeness (QED) is 0.723. The predicted octanol–water partition coefficient (Wildman–Crippen LogP) is 1.80. The molecule has 0 aromatic heterocycles. The summed E-state index contributed by atoms with van der Waals surface area (Å²) in [5.74, 6) is 0.684. The first kappa shape index (κ1) is 12.5. The maximum Gasteiger partial charge on any atom is 0.221 e. The van der Waals surface area contributed by atoms with Crippen molar-refractivity contribution in [2.75, 3.05) is 18.5 Å². The lowest BCUT2D eigenvalue weighted by molar-refractivity contribution is -0.114. The number of amides is 1. The van der Waals surface area contributed by atoms with Crippen LogP contribution >= 0.6 is 0 Å². The molecule has 4 nitrogen and oxygen atoms in total. The SMILES string of the molecule is CC(=O)Nc1ccc(OCCCCO)cc1. The minimum atomic E-state index is -0.0865. The zero-order chi connectivity index (χ0) is 11.8. The summed E-state index contributed by atoms with van der Waals surface area (Å²) in [5.41, 5.74) is 0.759. The van der Waals surface area contributed by atoms with Gasteiger partial charge in [0.25, 0.3) is 0 Å². The van der Waals surface area contributed by atoms with Crippen LogP contribution < -0.4 is 10.1 Å². The second-order valence-electron chi connectivity index (χ2n) is 3.48. The van der Waals surface area contributed by atoms with E-state index in [1.807, 2.05) is 12.1 Å². The van der Waals surface area contributed by atoms with Crippen LogP contribution in [-0.4, -0.2) is 24.2 Å². The van der Waals surface area contributed by atoms with Gasteiger partial charge in [0.2, 0.25) is 5.91 Å². The van der Waals surface area contributed by atoms with Gasteiger partial charge in [-0.2, -0.15) is 0 Å². The normalized spacial score (nSPS) is 9.88. The van der Waals surface area contributed by atoms with Crippen LogP contribution in [0.3, 0.4) is 0 Å². The number of anilines is 1. The summed E-state index contributed by atoms with van der Waals surface area (Å²) in [6.07, 6.45) is 1.59. The van der Waals surface area contributed by atoms with Gasteiger partial charge >= 0.3 is 0 Å². The molecule has 0 saturated heterocycles. The number of benzene rings is 1. The number of unbranched alkanes of at least 4 members (excludes halogenated alkanes) is 1. The first-order chi connectivity index (χ1) is 7.72. The van der Waals surface area contributed by atoms with Crippen molar-refractivity contribution in [3.05, 3.63) is 24.3 Å². The number of nitrogens with one attached hydrogen (secondary N) is 1. The Balaban J connectivity index is 2.36. The second kappa shape index (κ2) is 6.85. The van der Waals surface area contributed by atoms with Crippen molar-refractivity contribution in [1.82, 2.24) is 0 Å². The molecule has 88 valence electrons. The highest BCUT2D eigenvalue weighted by Crippen LogP contribution is 2.15. The molecule has 0 aliphatic heterocycles. The molecular formula is C12H17NO3. The summed E-state index contributed by atoms with van der Waals surface area (Å²) >= 11 is 0. The van der Waals surface area contributed by atoms with Crippen LogP contribution in [0.2, 0.25) is 0 Å². The molecule has 0 aliphatic rings. The molecule has 1 aromatic rings. The van der Waals surface area contributed by atoms with Crippen LogP contribution in [-0.2, 0) is 4.79 Å². The van der Waals surface area contributed by atoms with E-state index in [1.54, 1.807) is 12.1 Å². The fourth-order valence-electron chi connectivity index (χ4n) is 1.24. The fourth-order valence-corrected chi connectivity index (χ4v) is 1.24. The first-order valence-corrected chi connectivity index (χ1v) is 5.33. The lowest BCUT2D eigenvalue weighted by atomic mass is 10.3. The van der Waals surface area contributed by atoms with Crippen LogP contribution in [0, 0.1) is 0 Å². The minimum Gasteiger partial charge on any atom is -0.494 e. The third-order valence-electron chi connectivity index (χ3n) is 2.00. The standard InChI is InChI=1S/C12H17NO3/c1-10(15)13-11-4-6-12(7-5-11)16-9-3-2-8-14/h4-7,14H,2-3,8-9H2,1H3,(H,13,15). The third-order valence-corrected chi connectivity index (χ3v) is 2.00. The Hall–Kier alpha value is -1.55. The van der Waals surface area contributed by atoms with E-state index in [2.05, 4.69) is 5.32 Å². The highest BCUT2D eigenvalue weighted by molar-refractivity contribution is 5.88. The maximum absolute atomic E-state index is 10.8. The number of aliphatic hydroxyl groups is 1. The summed E-state index contributed by atoms with van der Waals surface area (Å²) in [4.78, 5) is 10.8. The Labute approximate surface area is 95.2 Å². The smallest absolute Gasteiger partial charge is 0.221 e. The molecule has 0 spiro atoms. The van der Waals surface area contributed by atoms with Crippen LogP contribution in [0.5, 0.6) is 5.75 Å². The first-order valence-electron chi connectivity index (χ1n) is 5.33. The molecule has 0 saturated carbocycles. The summed E-state index contributed by atoms with van der Waals surface area (Å²) in [5, 5.41) is 11.3. The van der Waals surface area contributed by atoms with Gasteiger partial charge in [-0.3, -0.25) is 4.79 Å². The van der Waals surface area contributed by atoms with Crippen molar-refractivity contribution in [3.63, 3.8) is 0 Å². The van der Waals surface area contributed by atoms with E-state index in [4.69, 9.17) is 9.84 Å². The van der Waals surface area contributed by atoms with Crippen molar-refractivity contribution in [2.45, 2.75) is 19.8 Å². The van der Waals surface area contributed by atoms with E-state index in [0.29, 0.717) is 6.61 Å². The average Bonchev–Trinajstić information content (AvgIpc) is 2.26. The van der Waals surface area contributed by atoms with Crippen LogP contribution in [0.15, 0.2) is 24.3 Å². The van der Waals surface area contributed by atoms with Crippen molar-refractivity contribution in [2.24, 2.45) is 0 Å². The van der Waals surface area contributed by atoms with Gasteiger partial charge in [-0.15, -0.1) is 0 Å². The molecule has 4 heteroatoms. The van der Waals surface area contributed by atoms with E-state index in [0.717, 1.165) is 24.3 Å². The lowest BCUT2D eigenvalue weighted by Crippen LogP contribution is -2.05. The predicted molar refractivity (Wildman–Crippen MR) is 62.6 cm³/mol. The van der Waals surface area contributed by atoms with Gasteiger partial charge in [-0.1, -0.05) is 0 Å². The highest BCUT2D eigenvalue weighted by atomic mass is 16.5. The van der Waals surface area contributed by atoms with E-state index >= 15 is 0 Å². The Morgan fingerprint density at radius 1 is 1.31 bits per heavy atom. The largest absolute Gasteiger partial charge is 0.494 e. The van der Waals surface area contributed by atoms with Gasteiger partial charge in [-0.05, 0) is 37.1 Å². The molecule has 0 fully saturated rings. The van der Waals surface area contributed by atoms with E-state index in [-0.39, 0.29) is 12.5 Å². The van der Waals surface area contributed by atoms with Crippen molar-refractivity contribution in [3.8, 4) is 5.75 Å². The summed E-state index contributed by atoms with van der Waals surface area (Å²) in [6, 6.07) is 7.21. The number of ether oxygens (including phenoxy) is 1. The van der Waals surface area contributed by atoms with E-state index in [1.165, 1.54) is 6.92 Å². The number of rotatable bonds is 6. The molecule has 16 heavy (non-hydrogen) atoms. The molecule has 1 aromatic carbocycles. The van der Waals surface area contributed by atoms with Gasteiger partial charge in [0.1, 0.15) is 5.75 Å². The minimum absolute atomic E-state index is 0.0865. The lowest BCUT2D eigenvalue weighted by Gasteiger charge is -2.06. The zero-order valence-corrected chi connectivity index (χ0v) is 9.40. The van der Waals surface area contributed by atoms with E-state index in [9.17, 15) is 4.79 Å². The third kappa shape index (κ3) is 4.79. The van der Waals surface area contributed by atoms with Crippen molar-refractivity contribution in [1.29, 1.82) is 0 Å². The molecule has 0 aliphatic carbocycles. The molecule has 0 atom stereocenters. The number of carbonyl (C=O) groups is 1. The molecule has 0 unspecified atom stereocenters. The Kier molecular flexibility index (Phi) is 5.36. The monoisotopic (exact) mass is 223 g/mol. The number of hydrogen-bond acceptors (Lipinski definition) is 3. The molecule has 0 heterocycles. The van der Waals surface area contributed by atoms with Gasteiger partial charge in [0.15, 0.2) is 0 Å². The molecule has 2 N–H and O–H groups in total. The maximum atomic E-state index is 10.8. The van der Waals surface area contributed by atoms with Gasteiger partial charge in [0, 0.05) is 19.2 Å². The van der Waals surface area contributed by atoms with Crippen LogP contribution in [0.4, 0.5) is 5.69 Å². The van der Waals surface area contributed by atoms with Crippen LogP contribution in [0.1, 0.15) is 19.8 Å². The molecular weight excluding hydrogens is 206 g/mol. The molecule has 0 radical (unpaired) electrons. The van der Waals surface area contributed by atoms with Gasteiger partial charge in [0.05, 0.1) is 6.61 Å². The molecule has 1 rings (SSSR count). The topological polar surface area (TPSA) is 58.6 Å². The fraction of sp³-hybridized carbons (Fsp3) is 0.417. The van der Waals surface area contributed by atoms with Gasteiger partial charge < -0.3 is 15.2 Å². The summed E-state index contributed by atoms with van der Waals surface area (Å²) < 4.78 is 5.44. The number of hydrogen-bond donors (Lipinski definition) is 2. The van der Waals surface area contributed by atoms with Crippen molar-refractivity contribution < 1.29 is 14.6 Å². The molecule has 1 amide bonds. The van der Waals surface area contributed by atoms with E-state index < -0.39 is 0 Å². The summed E-state index contributed by atoms with van der Waals surface area (Å²) in [7, 11) is 0. The highest BCUT2D eigenvalue weighted by Gasteiger charge is 1.97. The van der Waals surface area contributed by atoms with Gasteiger partial charge in [-0.25, -0.2) is 0 Å². The second-order valence-corrected chi connectivity index (χ2v) is 3.48. The zero-order valence-electron chi connectivity index (χ0n) is 9.40. The Morgan fingerprint density at radius 2 is 2.00 bits per heavy atom. The van der Waals surface area contributed by atoms with Crippen LogP contribution in [0.25, 0.3) is 0 Å².